The number of aliphatic hydroxyl groups excluding tert-OH is 1. The zero-order valence-electron chi connectivity index (χ0n) is 18.4. The van der Waals surface area contributed by atoms with E-state index in [2.05, 4.69) is 4.90 Å². The molecule has 32 heavy (non-hydrogen) atoms. The van der Waals surface area contributed by atoms with Gasteiger partial charge in [0.2, 0.25) is 0 Å². The molecule has 2 aliphatic heterocycles. The third-order valence-electron chi connectivity index (χ3n) is 6.04. The number of benzene rings is 2. The number of Topliss-reactive ketones (excluding diaryl/α,β-unsaturated/α-hetero) is 1. The van der Waals surface area contributed by atoms with Gasteiger partial charge in [-0.05, 0) is 24.6 Å². The van der Waals surface area contributed by atoms with E-state index in [0.717, 1.165) is 24.2 Å². The van der Waals surface area contributed by atoms with Gasteiger partial charge < -0.3 is 19.5 Å². The van der Waals surface area contributed by atoms with Gasteiger partial charge in [0, 0.05) is 31.7 Å². The lowest BCUT2D eigenvalue weighted by Gasteiger charge is -2.31. The second kappa shape index (κ2) is 9.54. The fourth-order valence-electron chi connectivity index (χ4n) is 4.21. The van der Waals surface area contributed by atoms with E-state index in [-0.39, 0.29) is 11.3 Å². The highest BCUT2D eigenvalue weighted by atomic mass is 16.5. The number of ether oxygens (including phenoxy) is 2. The van der Waals surface area contributed by atoms with Gasteiger partial charge in [0.1, 0.15) is 11.5 Å². The largest absolute Gasteiger partial charge is 0.507 e. The van der Waals surface area contributed by atoms with Crippen LogP contribution in [0.3, 0.4) is 0 Å². The SMILES string of the molecule is COc1cccc(C2/C(=C(/O)c3ccc(C)cc3)C(=O)C(=O)N2CCN2CCOCC2)c1. The molecule has 2 aromatic rings. The maximum atomic E-state index is 13.1. The Kier molecular flexibility index (Phi) is 6.58. The summed E-state index contributed by atoms with van der Waals surface area (Å²) in [4.78, 5) is 30.0. The van der Waals surface area contributed by atoms with Crippen LogP contribution in [0.25, 0.3) is 5.76 Å². The molecule has 1 amide bonds. The standard InChI is InChI=1S/C25H28N2O5/c1-17-6-8-18(9-7-17)23(28)21-22(19-4-3-5-20(16-19)31-2)27(25(30)24(21)29)11-10-26-12-14-32-15-13-26/h3-9,16,22,28H,10-15H2,1-2H3/b23-21-. The number of hydrogen-bond acceptors (Lipinski definition) is 6. The van der Waals surface area contributed by atoms with Crippen molar-refractivity contribution in [2.45, 2.75) is 13.0 Å². The summed E-state index contributed by atoms with van der Waals surface area (Å²) in [6, 6.07) is 13.8. The van der Waals surface area contributed by atoms with Gasteiger partial charge in [-0.25, -0.2) is 0 Å². The van der Waals surface area contributed by atoms with Crippen LogP contribution in [0.1, 0.15) is 22.7 Å². The average molecular weight is 437 g/mol. The smallest absolute Gasteiger partial charge is 0.295 e. The van der Waals surface area contributed by atoms with E-state index in [0.29, 0.717) is 37.6 Å². The predicted octanol–water partition coefficient (Wildman–Crippen LogP) is 2.76. The predicted molar refractivity (Wildman–Crippen MR) is 120 cm³/mol. The number of nitrogens with zero attached hydrogens (tertiary/aromatic N) is 2. The molecule has 1 unspecified atom stereocenters. The van der Waals surface area contributed by atoms with Crippen LogP contribution in [0.4, 0.5) is 0 Å². The maximum Gasteiger partial charge on any atom is 0.295 e. The molecule has 0 aromatic heterocycles. The minimum absolute atomic E-state index is 0.106. The normalized spacial score (nSPS) is 21.2. The van der Waals surface area contributed by atoms with Gasteiger partial charge in [-0.15, -0.1) is 0 Å². The molecule has 0 saturated carbocycles. The zero-order valence-corrected chi connectivity index (χ0v) is 18.4. The van der Waals surface area contributed by atoms with Gasteiger partial charge in [-0.2, -0.15) is 0 Å². The van der Waals surface area contributed by atoms with Crippen molar-refractivity contribution in [3.05, 3.63) is 70.8 Å². The molecule has 0 bridgehead atoms. The number of carbonyl (C=O) groups excluding carboxylic acids is 2. The van der Waals surface area contributed by atoms with Gasteiger partial charge in [0.15, 0.2) is 0 Å². The Balaban J connectivity index is 1.74. The van der Waals surface area contributed by atoms with E-state index in [1.54, 1.807) is 30.2 Å². The van der Waals surface area contributed by atoms with E-state index >= 15 is 0 Å². The molecule has 7 heteroatoms. The lowest BCUT2D eigenvalue weighted by molar-refractivity contribution is -0.140. The number of ketones is 1. The van der Waals surface area contributed by atoms with E-state index in [1.807, 2.05) is 37.3 Å². The lowest BCUT2D eigenvalue weighted by Crippen LogP contribution is -2.42. The molecular formula is C25H28N2O5. The Labute approximate surface area is 187 Å². The van der Waals surface area contributed by atoms with Crippen molar-refractivity contribution < 1.29 is 24.2 Å². The number of rotatable bonds is 6. The average Bonchev–Trinajstić information content (AvgIpc) is 3.08. The molecule has 0 aliphatic carbocycles. The maximum absolute atomic E-state index is 13.1. The molecule has 0 radical (unpaired) electrons. The van der Waals surface area contributed by atoms with Crippen LogP contribution in [0.2, 0.25) is 0 Å². The van der Waals surface area contributed by atoms with Gasteiger partial charge in [0.25, 0.3) is 11.7 Å². The Morgan fingerprint density at radius 1 is 1.09 bits per heavy atom. The first-order valence-electron chi connectivity index (χ1n) is 10.8. The number of carbonyl (C=O) groups is 2. The Hall–Kier alpha value is -3.16. The number of aryl methyl sites for hydroxylation is 1. The Morgan fingerprint density at radius 3 is 2.50 bits per heavy atom. The minimum atomic E-state index is -0.688. The quantitative estimate of drug-likeness (QED) is 0.426. The van der Waals surface area contributed by atoms with Crippen molar-refractivity contribution in [2.24, 2.45) is 0 Å². The Bertz CT molecular complexity index is 1020. The molecule has 1 atom stereocenters. The summed E-state index contributed by atoms with van der Waals surface area (Å²) in [6.45, 7) is 5.84. The lowest BCUT2D eigenvalue weighted by atomic mass is 9.95. The first kappa shape index (κ1) is 22.0. The molecule has 7 nitrogen and oxygen atoms in total. The highest BCUT2D eigenvalue weighted by Gasteiger charge is 2.46. The molecule has 2 saturated heterocycles. The van der Waals surface area contributed by atoms with Gasteiger partial charge in [-0.1, -0.05) is 42.0 Å². The van der Waals surface area contributed by atoms with Gasteiger partial charge >= 0.3 is 0 Å². The highest BCUT2D eigenvalue weighted by molar-refractivity contribution is 6.46. The first-order valence-corrected chi connectivity index (χ1v) is 10.8. The van der Waals surface area contributed by atoms with Crippen LogP contribution in [0.5, 0.6) is 5.75 Å². The summed E-state index contributed by atoms with van der Waals surface area (Å²) in [7, 11) is 1.57. The van der Waals surface area contributed by atoms with E-state index in [9.17, 15) is 14.7 Å². The third kappa shape index (κ3) is 4.40. The van der Waals surface area contributed by atoms with Crippen LogP contribution in [0.15, 0.2) is 54.1 Å². The Morgan fingerprint density at radius 2 is 1.81 bits per heavy atom. The number of amides is 1. The van der Waals surface area contributed by atoms with Crippen LogP contribution < -0.4 is 4.74 Å². The molecule has 2 fully saturated rings. The minimum Gasteiger partial charge on any atom is -0.507 e. The van der Waals surface area contributed by atoms with Crippen LogP contribution in [-0.4, -0.2) is 73.1 Å². The molecule has 2 heterocycles. The van der Waals surface area contributed by atoms with E-state index in [1.165, 1.54) is 0 Å². The van der Waals surface area contributed by atoms with Gasteiger partial charge in [-0.3, -0.25) is 14.5 Å². The summed E-state index contributed by atoms with van der Waals surface area (Å²) in [5.74, 6) is -0.806. The molecular weight excluding hydrogens is 408 g/mol. The number of hydrogen-bond donors (Lipinski definition) is 1. The number of morpholine rings is 1. The highest BCUT2D eigenvalue weighted by Crippen LogP contribution is 2.40. The summed E-state index contributed by atoms with van der Waals surface area (Å²) in [5, 5.41) is 11.1. The number of aliphatic hydroxyl groups is 1. The van der Waals surface area contributed by atoms with E-state index < -0.39 is 17.7 Å². The monoisotopic (exact) mass is 436 g/mol. The van der Waals surface area contributed by atoms with Crippen molar-refractivity contribution in [2.75, 3.05) is 46.5 Å². The van der Waals surface area contributed by atoms with Crippen molar-refractivity contribution in [1.82, 2.24) is 9.80 Å². The summed E-state index contributed by atoms with van der Waals surface area (Å²) < 4.78 is 10.8. The summed E-state index contributed by atoms with van der Waals surface area (Å²) in [5.41, 5.74) is 2.37. The zero-order chi connectivity index (χ0) is 22.7. The van der Waals surface area contributed by atoms with Gasteiger partial charge in [0.05, 0.1) is 31.9 Å². The molecule has 2 aromatic carbocycles. The number of methoxy groups -OCH3 is 1. The van der Waals surface area contributed by atoms with Crippen molar-refractivity contribution >= 4 is 17.4 Å². The van der Waals surface area contributed by atoms with Crippen molar-refractivity contribution in [3.63, 3.8) is 0 Å². The second-order valence-electron chi connectivity index (χ2n) is 8.09. The van der Waals surface area contributed by atoms with Crippen LogP contribution >= 0.6 is 0 Å². The molecule has 4 rings (SSSR count). The first-order chi connectivity index (χ1) is 15.5. The summed E-state index contributed by atoms with van der Waals surface area (Å²) in [6.07, 6.45) is 0. The van der Waals surface area contributed by atoms with E-state index in [4.69, 9.17) is 9.47 Å². The van der Waals surface area contributed by atoms with Crippen LogP contribution in [-0.2, 0) is 14.3 Å². The fourth-order valence-corrected chi connectivity index (χ4v) is 4.21. The second-order valence-corrected chi connectivity index (χ2v) is 8.09. The summed E-state index contributed by atoms with van der Waals surface area (Å²) >= 11 is 0. The molecule has 2 aliphatic rings. The number of likely N-dealkylation sites (tertiary alicyclic amines) is 1. The fraction of sp³-hybridized carbons (Fsp3) is 0.360. The topological polar surface area (TPSA) is 79.3 Å². The van der Waals surface area contributed by atoms with Crippen molar-refractivity contribution in [3.8, 4) is 5.75 Å². The van der Waals surface area contributed by atoms with Crippen molar-refractivity contribution in [1.29, 1.82) is 0 Å². The van der Waals surface area contributed by atoms with Crippen LogP contribution in [0, 0.1) is 6.92 Å². The molecule has 1 N–H and O–H groups in total. The molecule has 168 valence electrons. The third-order valence-corrected chi connectivity index (χ3v) is 6.04. The molecule has 0 spiro atoms.